The second-order valence-corrected chi connectivity index (χ2v) is 4.63. The van der Waals surface area contributed by atoms with Gasteiger partial charge in [-0.15, -0.1) is 0 Å². The molecule has 1 N–H and O–H groups in total. The van der Waals surface area contributed by atoms with E-state index in [1.54, 1.807) is 0 Å². The fourth-order valence-electron chi connectivity index (χ4n) is 1.69. The van der Waals surface area contributed by atoms with Crippen LogP contribution in [0.5, 0.6) is 0 Å². The van der Waals surface area contributed by atoms with Gasteiger partial charge in [-0.3, -0.25) is 4.39 Å². The molecule has 0 saturated carbocycles. The lowest BCUT2D eigenvalue weighted by Crippen LogP contribution is -2.15. The van der Waals surface area contributed by atoms with E-state index in [4.69, 9.17) is 0 Å². The summed E-state index contributed by atoms with van der Waals surface area (Å²) >= 11 is 0. The first kappa shape index (κ1) is 13.2. The second-order valence-electron chi connectivity index (χ2n) is 4.63. The van der Waals surface area contributed by atoms with Gasteiger partial charge in [-0.05, 0) is 36.4 Å². The maximum Gasteiger partial charge on any atom is 0.0906 e. The van der Waals surface area contributed by atoms with E-state index in [0.29, 0.717) is 12.3 Å². The molecule has 0 radical (unpaired) electrons. The minimum Gasteiger partial charge on any atom is -0.313 e. The van der Waals surface area contributed by atoms with Gasteiger partial charge in [0, 0.05) is 6.54 Å². The normalized spacial score (nSPS) is 11.0. The van der Waals surface area contributed by atoms with E-state index in [1.165, 1.54) is 11.1 Å². The quantitative estimate of drug-likeness (QED) is 0.699. The molecule has 0 saturated heterocycles. The Labute approximate surface area is 98.1 Å². The van der Waals surface area contributed by atoms with Crippen molar-refractivity contribution in [3.05, 3.63) is 35.4 Å². The molecule has 0 aliphatic carbocycles. The highest BCUT2D eigenvalue weighted by molar-refractivity contribution is 5.22. The van der Waals surface area contributed by atoms with E-state index < -0.39 is 0 Å². The molecule has 0 spiro atoms. The number of halogens is 1. The molecular formula is C14H22FN. The van der Waals surface area contributed by atoms with Crippen molar-refractivity contribution in [1.82, 2.24) is 5.32 Å². The number of hydrogen-bond donors (Lipinski definition) is 1. The van der Waals surface area contributed by atoms with Crippen molar-refractivity contribution < 1.29 is 4.39 Å². The Morgan fingerprint density at radius 2 is 1.75 bits per heavy atom. The smallest absolute Gasteiger partial charge is 0.0906 e. The Morgan fingerprint density at radius 1 is 1.12 bits per heavy atom. The van der Waals surface area contributed by atoms with Crippen LogP contribution >= 0.6 is 0 Å². The molecular weight excluding hydrogens is 201 g/mol. The van der Waals surface area contributed by atoms with Gasteiger partial charge in [-0.1, -0.05) is 38.1 Å². The molecule has 1 aromatic carbocycles. The van der Waals surface area contributed by atoms with Gasteiger partial charge in [0.15, 0.2) is 0 Å². The van der Waals surface area contributed by atoms with Crippen LogP contribution in [0.1, 0.15) is 31.4 Å². The Balaban J connectivity index is 2.33. The summed E-state index contributed by atoms with van der Waals surface area (Å²) in [5.41, 5.74) is 2.66. The summed E-state index contributed by atoms with van der Waals surface area (Å²) in [5, 5.41) is 3.22. The summed E-state index contributed by atoms with van der Waals surface area (Å²) < 4.78 is 11.9. The molecule has 0 aromatic heterocycles. The van der Waals surface area contributed by atoms with Gasteiger partial charge < -0.3 is 5.32 Å². The molecule has 0 atom stereocenters. The van der Waals surface area contributed by atoms with Crippen molar-refractivity contribution in [3.8, 4) is 0 Å². The first-order chi connectivity index (χ1) is 7.72. The van der Waals surface area contributed by atoms with Crippen molar-refractivity contribution in [2.75, 3.05) is 13.2 Å². The number of nitrogens with one attached hydrogen (secondary N) is 1. The third-order valence-electron chi connectivity index (χ3n) is 2.48. The molecule has 0 aliphatic heterocycles. The minimum absolute atomic E-state index is 0.236. The molecule has 16 heavy (non-hydrogen) atoms. The minimum atomic E-state index is -0.236. The van der Waals surface area contributed by atoms with E-state index in [-0.39, 0.29) is 6.67 Å². The summed E-state index contributed by atoms with van der Waals surface area (Å²) in [5.74, 6) is 0.702. The van der Waals surface area contributed by atoms with Crippen molar-refractivity contribution >= 4 is 0 Å². The van der Waals surface area contributed by atoms with Crippen LogP contribution < -0.4 is 5.32 Å². The summed E-state index contributed by atoms with van der Waals surface area (Å²) in [4.78, 5) is 0. The maximum absolute atomic E-state index is 11.9. The van der Waals surface area contributed by atoms with Gasteiger partial charge in [0.1, 0.15) is 0 Å². The van der Waals surface area contributed by atoms with E-state index in [1.807, 2.05) is 0 Å². The van der Waals surface area contributed by atoms with Crippen molar-refractivity contribution in [2.45, 2.75) is 33.2 Å². The third-order valence-corrected chi connectivity index (χ3v) is 2.48. The molecule has 0 unspecified atom stereocenters. The number of alkyl halides is 1. The van der Waals surface area contributed by atoms with E-state index in [0.717, 1.165) is 19.5 Å². The largest absolute Gasteiger partial charge is 0.313 e. The molecule has 1 nitrogen and oxygen atoms in total. The molecule has 2 heteroatoms. The van der Waals surface area contributed by atoms with Crippen LogP contribution in [0.4, 0.5) is 4.39 Å². The van der Waals surface area contributed by atoms with Crippen LogP contribution in [0, 0.1) is 5.92 Å². The molecule has 0 heterocycles. The Bertz CT molecular complexity index is 279. The summed E-state index contributed by atoms with van der Waals surface area (Å²) in [6.07, 6.45) is 1.74. The first-order valence-electron chi connectivity index (χ1n) is 6.07. The van der Waals surface area contributed by atoms with Crippen molar-refractivity contribution in [3.63, 3.8) is 0 Å². The van der Waals surface area contributed by atoms with Gasteiger partial charge in [-0.2, -0.15) is 0 Å². The van der Waals surface area contributed by atoms with Gasteiger partial charge in [0.2, 0.25) is 0 Å². The third kappa shape index (κ3) is 5.26. The van der Waals surface area contributed by atoms with Crippen molar-refractivity contribution in [1.29, 1.82) is 0 Å². The lowest BCUT2D eigenvalue weighted by atomic mass is 10.0. The van der Waals surface area contributed by atoms with Crippen LogP contribution in [0.15, 0.2) is 24.3 Å². The zero-order chi connectivity index (χ0) is 11.8. The highest BCUT2D eigenvalue weighted by Crippen LogP contribution is 2.09. The molecule has 0 amide bonds. The molecule has 1 aromatic rings. The predicted octanol–water partition coefficient (Wildman–Crippen LogP) is 3.33. The Kier molecular flexibility index (Phi) is 6.09. The van der Waals surface area contributed by atoms with Gasteiger partial charge >= 0.3 is 0 Å². The van der Waals surface area contributed by atoms with Crippen LogP contribution in [-0.4, -0.2) is 13.2 Å². The lowest BCUT2D eigenvalue weighted by Gasteiger charge is -2.07. The first-order valence-corrected chi connectivity index (χ1v) is 6.07. The number of hydrogen-bond acceptors (Lipinski definition) is 1. The second kappa shape index (κ2) is 7.39. The fraction of sp³-hybridized carbons (Fsp3) is 0.571. The summed E-state index contributed by atoms with van der Waals surface area (Å²) in [7, 11) is 0. The summed E-state index contributed by atoms with van der Waals surface area (Å²) in [6.45, 7) is 5.81. The molecule has 0 bridgehead atoms. The maximum atomic E-state index is 11.9. The van der Waals surface area contributed by atoms with Gasteiger partial charge in [0.05, 0.1) is 6.67 Å². The molecule has 1 rings (SSSR count). The van der Waals surface area contributed by atoms with Crippen LogP contribution in [-0.2, 0) is 13.0 Å². The van der Waals surface area contributed by atoms with Crippen molar-refractivity contribution in [2.24, 2.45) is 5.92 Å². The topological polar surface area (TPSA) is 12.0 Å². The molecule has 90 valence electrons. The fourth-order valence-corrected chi connectivity index (χ4v) is 1.69. The van der Waals surface area contributed by atoms with Gasteiger partial charge in [-0.25, -0.2) is 0 Å². The monoisotopic (exact) mass is 223 g/mol. The van der Waals surface area contributed by atoms with E-state index in [2.05, 4.69) is 43.4 Å². The number of benzene rings is 1. The van der Waals surface area contributed by atoms with Gasteiger partial charge in [0.25, 0.3) is 0 Å². The number of rotatable bonds is 7. The lowest BCUT2D eigenvalue weighted by molar-refractivity contribution is 0.459. The standard InChI is InChI=1S/C14H22FN/c1-12(2)10-13-4-6-14(7-5-13)11-16-9-3-8-15/h4-7,12,16H,3,8-11H2,1-2H3. The highest BCUT2D eigenvalue weighted by Gasteiger charge is 1.98. The predicted molar refractivity (Wildman–Crippen MR) is 67.3 cm³/mol. The zero-order valence-electron chi connectivity index (χ0n) is 10.3. The average Bonchev–Trinajstić information content (AvgIpc) is 2.26. The summed E-state index contributed by atoms with van der Waals surface area (Å²) in [6, 6.07) is 8.68. The zero-order valence-corrected chi connectivity index (χ0v) is 10.3. The molecule has 0 aliphatic rings. The average molecular weight is 223 g/mol. The van der Waals surface area contributed by atoms with Crippen LogP contribution in [0.2, 0.25) is 0 Å². The Morgan fingerprint density at radius 3 is 2.31 bits per heavy atom. The SMILES string of the molecule is CC(C)Cc1ccc(CNCCCF)cc1. The molecule has 0 fully saturated rings. The van der Waals surface area contributed by atoms with E-state index >= 15 is 0 Å². The Hall–Kier alpha value is -0.890. The van der Waals surface area contributed by atoms with Crippen LogP contribution in [0.3, 0.4) is 0 Å². The highest BCUT2D eigenvalue weighted by atomic mass is 19.1. The van der Waals surface area contributed by atoms with E-state index in [9.17, 15) is 4.39 Å². The van der Waals surface area contributed by atoms with Crippen LogP contribution in [0.25, 0.3) is 0 Å².